The van der Waals surface area contributed by atoms with Crippen molar-refractivity contribution >= 4 is 28.9 Å². The van der Waals surface area contributed by atoms with Crippen molar-refractivity contribution in [3.63, 3.8) is 0 Å². The number of carbonyl (C=O) groups excluding carboxylic acids is 1. The molecule has 1 N–H and O–H groups in total. The van der Waals surface area contributed by atoms with E-state index >= 15 is 0 Å². The third kappa shape index (κ3) is 4.43. The quantitative estimate of drug-likeness (QED) is 0.781. The summed E-state index contributed by atoms with van der Waals surface area (Å²) in [5.74, 6) is -0.458. The van der Waals surface area contributed by atoms with E-state index in [1.807, 2.05) is 4.90 Å². The molecule has 1 aromatic heterocycles. The Morgan fingerprint density at radius 2 is 1.89 bits per heavy atom. The number of benzene rings is 1. The summed E-state index contributed by atoms with van der Waals surface area (Å²) in [7, 11) is 0. The SMILES string of the molecule is Cc1nn(CC(=O)Nc2cc(C(F)(F)F)ccc2N2CCCCC2)c(C)c1Cl. The number of piperidine rings is 1. The highest BCUT2D eigenvalue weighted by Crippen LogP contribution is 2.36. The third-order valence-corrected chi connectivity index (χ3v) is 5.43. The van der Waals surface area contributed by atoms with Crippen LogP contribution in [0.15, 0.2) is 18.2 Å². The van der Waals surface area contributed by atoms with Gasteiger partial charge >= 0.3 is 6.18 Å². The molecule has 3 rings (SSSR count). The van der Waals surface area contributed by atoms with E-state index < -0.39 is 17.6 Å². The van der Waals surface area contributed by atoms with Crippen molar-refractivity contribution in [1.82, 2.24) is 9.78 Å². The molecule has 5 nitrogen and oxygen atoms in total. The molecule has 1 amide bonds. The van der Waals surface area contributed by atoms with Crippen LogP contribution in [0.1, 0.15) is 36.2 Å². The Balaban J connectivity index is 1.86. The number of alkyl halides is 3. The topological polar surface area (TPSA) is 50.2 Å². The average Bonchev–Trinajstić information content (AvgIpc) is 2.88. The van der Waals surface area contributed by atoms with Gasteiger partial charge in [-0.05, 0) is 51.3 Å². The zero-order valence-electron chi connectivity index (χ0n) is 15.7. The van der Waals surface area contributed by atoms with Gasteiger partial charge in [0.15, 0.2) is 0 Å². The summed E-state index contributed by atoms with van der Waals surface area (Å²) in [5.41, 5.74) is 1.20. The summed E-state index contributed by atoms with van der Waals surface area (Å²) < 4.78 is 41.0. The largest absolute Gasteiger partial charge is 0.416 e. The molecular formula is C19H22ClF3N4O. The second-order valence-corrected chi connectivity index (χ2v) is 7.35. The van der Waals surface area contributed by atoms with Crippen molar-refractivity contribution < 1.29 is 18.0 Å². The van der Waals surface area contributed by atoms with Crippen molar-refractivity contribution in [3.8, 4) is 0 Å². The average molecular weight is 415 g/mol. The maximum Gasteiger partial charge on any atom is 0.416 e. The molecule has 9 heteroatoms. The van der Waals surface area contributed by atoms with Gasteiger partial charge in [0.05, 0.1) is 33.3 Å². The Kier molecular flexibility index (Phi) is 5.88. The molecule has 1 aliphatic heterocycles. The van der Waals surface area contributed by atoms with E-state index in [-0.39, 0.29) is 12.2 Å². The maximum absolute atomic E-state index is 13.2. The van der Waals surface area contributed by atoms with Crippen LogP contribution in [0.2, 0.25) is 5.02 Å². The molecule has 0 unspecified atom stereocenters. The van der Waals surface area contributed by atoms with Gasteiger partial charge in [0.25, 0.3) is 0 Å². The first-order valence-electron chi connectivity index (χ1n) is 9.12. The van der Waals surface area contributed by atoms with Gasteiger partial charge in [0, 0.05) is 13.1 Å². The minimum Gasteiger partial charge on any atom is -0.370 e. The maximum atomic E-state index is 13.2. The predicted octanol–water partition coefficient (Wildman–Crippen LogP) is 4.80. The Morgan fingerprint density at radius 1 is 1.21 bits per heavy atom. The normalized spacial score (nSPS) is 15.0. The van der Waals surface area contributed by atoms with Crippen LogP contribution in [0.25, 0.3) is 0 Å². The van der Waals surface area contributed by atoms with Gasteiger partial charge in [-0.25, -0.2) is 0 Å². The highest BCUT2D eigenvalue weighted by atomic mass is 35.5. The van der Waals surface area contributed by atoms with Gasteiger partial charge in [0.2, 0.25) is 5.91 Å². The van der Waals surface area contributed by atoms with Gasteiger partial charge in [0.1, 0.15) is 6.54 Å². The van der Waals surface area contributed by atoms with Crippen molar-refractivity contribution in [2.75, 3.05) is 23.3 Å². The number of anilines is 2. The second-order valence-electron chi connectivity index (χ2n) is 6.97. The van der Waals surface area contributed by atoms with E-state index in [9.17, 15) is 18.0 Å². The molecule has 1 aromatic carbocycles. The van der Waals surface area contributed by atoms with Crippen molar-refractivity contribution in [1.29, 1.82) is 0 Å². The number of nitrogens with one attached hydrogen (secondary N) is 1. The molecule has 0 atom stereocenters. The summed E-state index contributed by atoms with van der Waals surface area (Å²) in [6, 6.07) is 3.49. The molecule has 0 radical (unpaired) electrons. The fraction of sp³-hybridized carbons (Fsp3) is 0.474. The van der Waals surface area contributed by atoms with E-state index in [1.165, 1.54) is 10.7 Å². The Bertz CT molecular complexity index is 873. The number of halogens is 4. The minimum atomic E-state index is -4.48. The lowest BCUT2D eigenvalue weighted by atomic mass is 10.1. The summed E-state index contributed by atoms with van der Waals surface area (Å²) in [4.78, 5) is 14.5. The van der Waals surface area contributed by atoms with Crippen LogP contribution in [0.3, 0.4) is 0 Å². The Hall–Kier alpha value is -2.22. The standard InChI is InChI=1S/C19H22ClF3N4O/c1-12-18(20)13(2)27(25-12)11-17(28)24-15-10-14(19(21,22)23)6-7-16(15)26-8-4-3-5-9-26/h6-7,10H,3-5,8-9,11H2,1-2H3,(H,24,28). The second kappa shape index (κ2) is 8.03. The zero-order valence-corrected chi connectivity index (χ0v) is 16.5. The first kappa shape index (κ1) is 20.5. The highest BCUT2D eigenvalue weighted by Gasteiger charge is 2.32. The number of hydrogen-bond donors (Lipinski definition) is 1. The van der Waals surface area contributed by atoms with Gasteiger partial charge in [-0.3, -0.25) is 9.48 Å². The molecule has 152 valence electrons. The number of hydrogen-bond acceptors (Lipinski definition) is 3. The van der Waals surface area contributed by atoms with Gasteiger partial charge in [-0.2, -0.15) is 18.3 Å². The van der Waals surface area contributed by atoms with E-state index in [0.717, 1.165) is 44.5 Å². The van der Waals surface area contributed by atoms with Crippen LogP contribution in [-0.2, 0) is 17.5 Å². The van der Waals surface area contributed by atoms with Crippen LogP contribution < -0.4 is 10.2 Å². The molecular weight excluding hydrogens is 393 g/mol. The molecule has 1 saturated heterocycles. The van der Waals surface area contributed by atoms with Crippen LogP contribution in [0.5, 0.6) is 0 Å². The molecule has 0 spiro atoms. The number of aromatic nitrogens is 2. The molecule has 1 aliphatic rings. The monoisotopic (exact) mass is 414 g/mol. The molecule has 2 aromatic rings. The first-order valence-corrected chi connectivity index (χ1v) is 9.50. The Labute approximate surface area is 166 Å². The van der Waals surface area contributed by atoms with Crippen LogP contribution in [-0.4, -0.2) is 28.8 Å². The van der Waals surface area contributed by atoms with E-state index in [1.54, 1.807) is 13.8 Å². The lowest BCUT2D eigenvalue weighted by molar-refractivity contribution is -0.137. The number of rotatable bonds is 4. The van der Waals surface area contributed by atoms with E-state index in [0.29, 0.717) is 22.1 Å². The molecule has 0 saturated carbocycles. The molecule has 28 heavy (non-hydrogen) atoms. The number of aryl methyl sites for hydroxylation is 1. The van der Waals surface area contributed by atoms with Gasteiger partial charge in [-0.1, -0.05) is 11.6 Å². The number of nitrogens with zero attached hydrogens (tertiary/aromatic N) is 3. The van der Waals surface area contributed by atoms with E-state index in [2.05, 4.69) is 10.4 Å². The fourth-order valence-electron chi connectivity index (χ4n) is 3.38. The minimum absolute atomic E-state index is 0.130. The van der Waals surface area contributed by atoms with Crippen LogP contribution in [0.4, 0.5) is 24.5 Å². The summed E-state index contributed by atoms with van der Waals surface area (Å²) in [5, 5.41) is 7.31. The molecule has 0 aliphatic carbocycles. The third-order valence-electron chi connectivity index (χ3n) is 4.88. The smallest absolute Gasteiger partial charge is 0.370 e. The van der Waals surface area contributed by atoms with Crippen molar-refractivity contribution in [2.45, 2.75) is 45.8 Å². The van der Waals surface area contributed by atoms with E-state index in [4.69, 9.17) is 11.6 Å². The Morgan fingerprint density at radius 3 is 2.46 bits per heavy atom. The highest BCUT2D eigenvalue weighted by molar-refractivity contribution is 6.31. The molecule has 1 fully saturated rings. The van der Waals surface area contributed by atoms with Crippen molar-refractivity contribution in [2.24, 2.45) is 0 Å². The van der Waals surface area contributed by atoms with Crippen molar-refractivity contribution in [3.05, 3.63) is 40.2 Å². The number of amides is 1. The predicted molar refractivity (Wildman–Crippen MR) is 103 cm³/mol. The first-order chi connectivity index (χ1) is 13.2. The van der Waals surface area contributed by atoms with Crippen LogP contribution in [0, 0.1) is 13.8 Å². The summed E-state index contributed by atoms with van der Waals surface area (Å²) in [6.45, 7) is 4.84. The lowest BCUT2D eigenvalue weighted by Gasteiger charge is -2.31. The molecule has 0 bridgehead atoms. The lowest BCUT2D eigenvalue weighted by Crippen LogP contribution is -2.31. The number of carbonyl (C=O) groups is 1. The summed E-state index contributed by atoms with van der Waals surface area (Å²) in [6.07, 6.45) is -1.45. The zero-order chi connectivity index (χ0) is 20.5. The summed E-state index contributed by atoms with van der Waals surface area (Å²) >= 11 is 6.09. The van der Waals surface area contributed by atoms with Gasteiger partial charge in [-0.15, -0.1) is 0 Å². The van der Waals surface area contributed by atoms with Gasteiger partial charge < -0.3 is 10.2 Å². The fourth-order valence-corrected chi connectivity index (χ4v) is 3.51. The van der Waals surface area contributed by atoms with Crippen LogP contribution >= 0.6 is 11.6 Å². The molecule has 2 heterocycles.